The van der Waals surface area contributed by atoms with Gasteiger partial charge in [-0.05, 0) is 31.5 Å². The lowest BCUT2D eigenvalue weighted by molar-refractivity contribution is 0.0745. The summed E-state index contributed by atoms with van der Waals surface area (Å²) in [5, 5.41) is 1.02. The molecule has 1 aliphatic heterocycles. The lowest BCUT2D eigenvalue weighted by Gasteiger charge is -2.36. The van der Waals surface area contributed by atoms with Crippen molar-refractivity contribution < 1.29 is 9.59 Å². The van der Waals surface area contributed by atoms with Gasteiger partial charge in [-0.1, -0.05) is 12.1 Å². The van der Waals surface area contributed by atoms with E-state index in [2.05, 4.69) is 19.9 Å². The summed E-state index contributed by atoms with van der Waals surface area (Å²) in [6.45, 7) is 7.81. The van der Waals surface area contributed by atoms with Crippen LogP contribution in [-0.2, 0) is 0 Å². The number of piperazine rings is 1. The van der Waals surface area contributed by atoms with Gasteiger partial charge in [-0.2, -0.15) is 0 Å². The zero-order chi connectivity index (χ0) is 19.8. The van der Waals surface area contributed by atoms with Gasteiger partial charge < -0.3 is 14.8 Å². The lowest BCUT2D eigenvalue weighted by atomic mass is 10.1. The third-order valence-electron chi connectivity index (χ3n) is 5.39. The van der Waals surface area contributed by atoms with E-state index in [-0.39, 0.29) is 11.7 Å². The number of Topliss-reactive ketones (excluding diaryl/α,β-unsaturated/α-hetero) is 1. The van der Waals surface area contributed by atoms with E-state index < -0.39 is 0 Å². The van der Waals surface area contributed by atoms with Crippen molar-refractivity contribution in [1.82, 2.24) is 19.9 Å². The highest BCUT2D eigenvalue weighted by Crippen LogP contribution is 2.25. The highest BCUT2D eigenvalue weighted by Gasteiger charge is 2.28. The van der Waals surface area contributed by atoms with Crippen LogP contribution in [0.1, 0.15) is 39.0 Å². The maximum atomic E-state index is 13.1. The van der Waals surface area contributed by atoms with E-state index in [0.29, 0.717) is 37.4 Å². The fraction of sp³-hybridized carbons (Fsp3) is 0.333. The van der Waals surface area contributed by atoms with Crippen LogP contribution in [0.3, 0.4) is 0 Å². The van der Waals surface area contributed by atoms with Gasteiger partial charge in [-0.3, -0.25) is 9.59 Å². The number of aromatic nitrogens is 3. The van der Waals surface area contributed by atoms with Crippen molar-refractivity contribution in [2.75, 3.05) is 31.1 Å². The molecule has 1 amide bonds. The number of anilines is 1. The third-order valence-corrected chi connectivity index (χ3v) is 5.39. The summed E-state index contributed by atoms with van der Waals surface area (Å²) in [5.74, 6) is 0.830. The second kappa shape index (κ2) is 7.07. The Balaban J connectivity index is 1.53. The molecule has 0 aliphatic carbocycles. The van der Waals surface area contributed by atoms with Gasteiger partial charge in [0, 0.05) is 44.2 Å². The van der Waals surface area contributed by atoms with E-state index in [1.807, 2.05) is 43.0 Å². The minimum atomic E-state index is -0.0555. The maximum absolute atomic E-state index is 13.1. The second-order valence-corrected chi connectivity index (χ2v) is 7.17. The summed E-state index contributed by atoms with van der Waals surface area (Å²) in [6, 6.07) is 7.95. The SMILES string of the molecule is CC(=O)c1[nH]c(C)c(C(=O)N2CCN(c3ncnc4ccccc34)CC2)c1C. The first-order chi connectivity index (χ1) is 13.5. The number of H-pyrrole nitrogens is 1. The molecular formula is C21H23N5O2. The molecule has 3 aromatic rings. The summed E-state index contributed by atoms with van der Waals surface area (Å²) in [6.07, 6.45) is 1.59. The largest absolute Gasteiger partial charge is 0.355 e. The number of hydrogen-bond acceptors (Lipinski definition) is 5. The van der Waals surface area contributed by atoms with Gasteiger partial charge in [0.25, 0.3) is 5.91 Å². The minimum Gasteiger partial charge on any atom is -0.355 e. The smallest absolute Gasteiger partial charge is 0.256 e. The van der Waals surface area contributed by atoms with E-state index in [4.69, 9.17) is 0 Å². The highest BCUT2D eigenvalue weighted by atomic mass is 16.2. The van der Waals surface area contributed by atoms with Gasteiger partial charge in [0.05, 0.1) is 16.8 Å². The third kappa shape index (κ3) is 3.02. The number of rotatable bonds is 3. The number of hydrogen-bond donors (Lipinski definition) is 1. The maximum Gasteiger partial charge on any atom is 0.256 e. The number of carbonyl (C=O) groups excluding carboxylic acids is 2. The number of carbonyl (C=O) groups is 2. The van der Waals surface area contributed by atoms with E-state index in [9.17, 15) is 9.59 Å². The fourth-order valence-corrected chi connectivity index (χ4v) is 3.94. The summed E-state index contributed by atoms with van der Waals surface area (Å²) in [7, 11) is 0. The molecule has 1 N–H and O–H groups in total. The van der Waals surface area contributed by atoms with E-state index in [1.54, 1.807) is 6.33 Å². The van der Waals surface area contributed by atoms with Gasteiger partial charge in [-0.25, -0.2) is 9.97 Å². The molecule has 1 aliphatic rings. The summed E-state index contributed by atoms with van der Waals surface area (Å²) in [4.78, 5) is 40.8. The summed E-state index contributed by atoms with van der Waals surface area (Å²) >= 11 is 0. The van der Waals surface area contributed by atoms with Crippen molar-refractivity contribution in [3.8, 4) is 0 Å². The molecule has 28 heavy (non-hydrogen) atoms. The standard InChI is InChI=1S/C21H23N5O2/c1-13-18(14(2)24-19(13)15(3)27)21(28)26-10-8-25(9-11-26)20-16-6-4-5-7-17(16)22-12-23-20/h4-7,12,24H,8-11H2,1-3H3. The molecule has 1 saturated heterocycles. The molecule has 0 bridgehead atoms. The molecule has 0 unspecified atom stereocenters. The number of nitrogens with one attached hydrogen (secondary N) is 1. The molecule has 0 radical (unpaired) electrons. The van der Waals surface area contributed by atoms with Gasteiger partial charge in [0.1, 0.15) is 12.1 Å². The number of nitrogens with zero attached hydrogens (tertiary/aromatic N) is 4. The normalized spacial score (nSPS) is 14.5. The number of ketones is 1. The van der Waals surface area contributed by atoms with Crippen molar-refractivity contribution in [3.63, 3.8) is 0 Å². The zero-order valence-corrected chi connectivity index (χ0v) is 16.3. The molecule has 1 fully saturated rings. The molecular weight excluding hydrogens is 354 g/mol. The average molecular weight is 377 g/mol. The Morgan fingerprint density at radius 3 is 2.43 bits per heavy atom. The number of para-hydroxylation sites is 1. The van der Waals surface area contributed by atoms with Crippen molar-refractivity contribution in [2.24, 2.45) is 0 Å². The van der Waals surface area contributed by atoms with Gasteiger partial charge in [0.15, 0.2) is 5.78 Å². The molecule has 2 aromatic heterocycles. The van der Waals surface area contributed by atoms with Crippen LogP contribution >= 0.6 is 0 Å². The van der Waals surface area contributed by atoms with Crippen LogP contribution in [0.4, 0.5) is 5.82 Å². The van der Waals surface area contributed by atoms with E-state index >= 15 is 0 Å². The van der Waals surface area contributed by atoms with Crippen molar-refractivity contribution in [2.45, 2.75) is 20.8 Å². The monoisotopic (exact) mass is 377 g/mol. The first-order valence-electron chi connectivity index (χ1n) is 9.41. The van der Waals surface area contributed by atoms with Gasteiger partial charge in [-0.15, -0.1) is 0 Å². The van der Waals surface area contributed by atoms with Gasteiger partial charge in [0.2, 0.25) is 0 Å². The van der Waals surface area contributed by atoms with Gasteiger partial charge >= 0.3 is 0 Å². The lowest BCUT2D eigenvalue weighted by Crippen LogP contribution is -2.49. The average Bonchev–Trinajstić information content (AvgIpc) is 3.01. The van der Waals surface area contributed by atoms with Crippen LogP contribution in [0.25, 0.3) is 10.9 Å². The van der Waals surface area contributed by atoms with Crippen LogP contribution in [-0.4, -0.2) is 57.7 Å². The number of benzene rings is 1. The first kappa shape index (κ1) is 18.2. The molecule has 0 atom stereocenters. The topological polar surface area (TPSA) is 82.2 Å². The quantitative estimate of drug-likeness (QED) is 0.710. The molecule has 3 heterocycles. The Hall–Kier alpha value is -3.22. The number of aryl methyl sites for hydroxylation is 1. The Labute approximate surface area is 163 Å². The minimum absolute atomic E-state index is 0.0223. The van der Waals surface area contributed by atoms with Crippen LogP contribution in [0.2, 0.25) is 0 Å². The van der Waals surface area contributed by atoms with Crippen molar-refractivity contribution in [3.05, 3.63) is 53.1 Å². The summed E-state index contributed by atoms with van der Waals surface area (Å²) in [5.41, 5.74) is 3.54. The number of aromatic amines is 1. The molecule has 4 rings (SSSR count). The van der Waals surface area contributed by atoms with Crippen LogP contribution < -0.4 is 4.90 Å². The Morgan fingerprint density at radius 1 is 1.04 bits per heavy atom. The molecule has 1 aromatic carbocycles. The zero-order valence-electron chi connectivity index (χ0n) is 16.3. The summed E-state index contributed by atoms with van der Waals surface area (Å²) < 4.78 is 0. The predicted molar refractivity (Wildman–Crippen MR) is 108 cm³/mol. The van der Waals surface area contributed by atoms with Crippen LogP contribution in [0.15, 0.2) is 30.6 Å². The fourth-order valence-electron chi connectivity index (χ4n) is 3.94. The Kier molecular flexibility index (Phi) is 4.58. The molecule has 0 spiro atoms. The van der Waals surface area contributed by atoms with Crippen molar-refractivity contribution in [1.29, 1.82) is 0 Å². The molecule has 0 saturated carbocycles. The van der Waals surface area contributed by atoms with Crippen LogP contribution in [0, 0.1) is 13.8 Å². The van der Waals surface area contributed by atoms with E-state index in [1.165, 1.54) is 6.92 Å². The Bertz CT molecular complexity index is 1060. The molecule has 7 nitrogen and oxygen atoms in total. The number of amides is 1. The first-order valence-corrected chi connectivity index (χ1v) is 9.41. The Morgan fingerprint density at radius 2 is 1.75 bits per heavy atom. The second-order valence-electron chi connectivity index (χ2n) is 7.17. The van der Waals surface area contributed by atoms with Crippen molar-refractivity contribution >= 4 is 28.4 Å². The predicted octanol–water partition coefficient (Wildman–Crippen LogP) is 2.74. The number of fused-ring (bicyclic) bond motifs is 1. The van der Waals surface area contributed by atoms with Crippen LogP contribution in [0.5, 0.6) is 0 Å². The molecule has 144 valence electrons. The highest BCUT2D eigenvalue weighted by molar-refractivity contribution is 6.02. The molecule has 7 heteroatoms. The van der Waals surface area contributed by atoms with E-state index in [0.717, 1.165) is 28.0 Å².